The van der Waals surface area contributed by atoms with Gasteiger partial charge < -0.3 is 19.2 Å². The summed E-state index contributed by atoms with van der Waals surface area (Å²) in [6.07, 6.45) is 1.25. The molecule has 3 heterocycles. The Hall–Kier alpha value is -2.32. The van der Waals surface area contributed by atoms with E-state index >= 15 is 0 Å². The molecule has 12 nitrogen and oxygen atoms in total. The van der Waals surface area contributed by atoms with Crippen LogP contribution < -0.4 is 40.3 Å². The molecule has 0 unspecified atom stereocenters. The van der Waals surface area contributed by atoms with Gasteiger partial charge in [0, 0.05) is 18.4 Å². The first-order valence-corrected chi connectivity index (χ1v) is 10.1. The molecule has 0 saturated carbocycles. The van der Waals surface area contributed by atoms with Gasteiger partial charge in [0.15, 0.2) is 16.3 Å². The average Bonchev–Trinajstić information content (AvgIpc) is 2.68. The van der Waals surface area contributed by atoms with Crippen LogP contribution in [0.4, 0.5) is 0 Å². The maximum atomic E-state index is 12.8. The van der Waals surface area contributed by atoms with Crippen molar-refractivity contribution in [2.24, 2.45) is 0 Å². The number of fused-ring (bicyclic) bond motifs is 1. The molecule has 1 N–H and O–H groups in total. The van der Waals surface area contributed by atoms with Crippen LogP contribution in [0.1, 0.15) is 23.0 Å². The van der Waals surface area contributed by atoms with Gasteiger partial charge in [0.05, 0.1) is 12.5 Å². The standard InChI is InChI=1S/C17H18N4O8S.Na/c1-4-20-7-10(13(22)9-6-5-8(2)18-14(9)20)15(23)19-11-12(17(25)29-3)21(16(11)24)30(26,27)28;/h5-7,11-12H,4H2,1-3H3,(H,19,23)(H,26,27,28);/q;+1/p-1/t11-,12-;/m1./s1. The maximum absolute atomic E-state index is 12.8. The third-order valence-electron chi connectivity index (χ3n) is 4.67. The van der Waals surface area contributed by atoms with Crippen LogP contribution in [0.5, 0.6) is 0 Å². The summed E-state index contributed by atoms with van der Waals surface area (Å²) in [4.78, 5) is 53.7. The fourth-order valence-corrected chi connectivity index (χ4v) is 4.01. The number of hydrogen-bond acceptors (Lipinski definition) is 9. The summed E-state index contributed by atoms with van der Waals surface area (Å²) in [7, 11) is -4.37. The summed E-state index contributed by atoms with van der Waals surface area (Å²) in [6, 6.07) is -0.409. The molecule has 2 aromatic rings. The maximum Gasteiger partial charge on any atom is 1.00 e. The van der Waals surface area contributed by atoms with E-state index in [9.17, 15) is 32.1 Å². The molecule has 14 heteroatoms. The molecule has 0 aliphatic carbocycles. The fourth-order valence-electron chi connectivity index (χ4n) is 3.19. The average molecular weight is 460 g/mol. The van der Waals surface area contributed by atoms with E-state index in [1.807, 2.05) is 0 Å². The second-order valence-corrected chi connectivity index (χ2v) is 7.74. The van der Waals surface area contributed by atoms with Crippen LogP contribution in [0.2, 0.25) is 0 Å². The number of carbonyl (C=O) groups is 3. The van der Waals surface area contributed by atoms with E-state index in [1.54, 1.807) is 24.5 Å². The molecular weight excluding hydrogens is 443 g/mol. The van der Waals surface area contributed by atoms with E-state index in [-0.39, 0.29) is 44.8 Å². The van der Waals surface area contributed by atoms with E-state index in [0.29, 0.717) is 17.9 Å². The molecule has 2 amide bonds. The topological polar surface area (TPSA) is 168 Å². The third kappa shape index (κ3) is 4.36. The van der Waals surface area contributed by atoms with Gasteiger partial charge in [-0.3, -0.25) is 14.4 Å². The van der Waals surface area contributed by atoms with Gasteiger partial charge in [-0.25, -0.2) is 22.5 Å². The smallest absolute Gasteiger partial charge is 0.731 e. The van der Waals surface area contributed by atoms with E-state index in [1.165, 1.54) is 12.3 Å². The largest absolute Gasteiger partial charge is 1.00 e. The zero-order valence-electron chi connectivity index (χ0n) is 17.1. The number of β-lactam (4-membered cyclic amide) rings is 1. The molecule has 1 saturated heterocycles. The molecule has 2 atom stereocenters. The van der Waals surface area contributed by atoms with Gasteiger partial charge in [0.2, 0.25) is 5.43 Å². The Morgan fingerprint density at radius 1 is 1.29 bits per heavy atom. The molecule has 0 spiro atoms. The summed E-state index contributed by atoms with van der Waals surface area (Å²) in [5, 5.41) is 2.32. The zero-order valence-corrected chi connectivity index (χ0v) is 19.9. The Balaban J connectivity index is 0.00000341. The minimum atomic E-state index is -5.30. The van der Waals surface area contributed by atoms with Gasteiger partial charge >= 0.3 is 35.5 Å². The minimum absolute atomic E-state index is 0. The van der Waals surface area contributed by atoms with E-state index in [0.717, 1.165) is 7.11 Å². The monoisotopic (exact) mass is 460 g/mol. The predicted molar refractivity (Wildman–Crippen MR) is 100 cm³/mol. The first-order valence-electron chi connectivity index (χ1n) is 8.69. The number of nitrogens with zero attached hydrogens (tertiary/aromatic N) is 3. The van der Waals surface area contributed by atoms with Crippen molar-refractivity contribution in [3.8, 4) is 0 Å². The van der Waals surface area contributed by atoms with E-state index < -0.39 is 45.6 Å². The van der Waals surface area contributed by atoms with Crippen molar-refractivity contribution in [3.63, 3.8) is 0 Å². The van der Waals surface area contributed by atoms with Crippen LogP contribution in [0.15, 0.2) is 23.1 Å². The van der Waals surface area contributed by atoms with Crippen molar-refractivity contribution < 1.29 is 61.6 Å². The number of rotatable bonds is 5. The Kier molecular flexibility index (Phi) is 7.28. The number of ether oxygens (including phenoxy) is 1. The van der Waals surface area contributed by atoms with Gasteiger partial charge in [-0.15, -0.1) is 0 Å². The number of carbonyl (C=O) groups excluding carboxylic acids is 3. The number of pyridine rings is 2. The number of methoxy groups -OCH3 is 1. The Morgan fingerprint density at radius 3 is 2.48 bits per heavy atom. The van der Waals surface area contributed by atoms with Gasteiger partial charge in [0.25, 0.3) is 11.8 Å². The summed E-state index contributed by atoms with van der Waals surface area (Å²) in [5.41, 5.74) is 0.0419. The molecule has 1 aliphatic heterocycles. The molecular formula is C17H17N4NaO8S. The molecule has 160 valence electrons. The van der Waals surface area contributed by atoms with Crippen LogP contribution in [-0.2, 0) is 31.2 Å². The number of nitrogens with one attached hydrogen (secondary N) is 1. The first kappa shape index (κ1) is 24.9. The van der Waals surface area contributed by atoms with Crippen molar-refractivity contribution >= 4 is 39.1 Å². The first-order chi connectivity index (χ1) is 14.0. The van der Waals surface area contributed by atoms with Gasteiger partial charge in [-0.05, 0) is 26.0 Å². The molecule has 1 aliphatic rings. The molecule has 0 aromatic carbocycles. The Morgan fingerprint density at radius 2 is 1.94 bits per heavy atom. The second kappa shape index (κ2) is 9.04. The second-order valence-electron chi connectivity index (χ2n) is 6.49. The zero-order chi connectivity index (χ0) is 22.4. The fraction of sp³-hybridized carbons (Fsp3) is 0.353. The van der Waals surface area contributed by atoms with E-state index in [2.05, 4.69) is 15.0 Å². The SMILES string of the molecule is CCn1cc(C(=O)N[C@H]2C(=O)N(S(=O)(=O)[O-])[C@H]2C(=O)OC)c(=O)c2ccc(C)nc21.[Na+]. The number of amides is 2. The van der Waals surface area contributed by atoms with Crippen molar-refractivity contribution in [1.29, 1.82) is 0 Å². The van der Waals surface area contributed by atoms with Crippen LogP contribution in [0, 0.1) is 6.92 Å². The van der Waals surface area contributed by atoms with Crippen molar-refractivity contribution in [1.82, 2.24) is 19.2 Å². The van der Waals surface area contributed by atoms with Crippen molar-refractivity contribution in [2.45, 2.75) is 32.5 Å². The van der Waals surface area contributed by atoms with Crippen LogP contribution in [0.25, 0.3) is 11.0 Å². The summed E-state index contributed by atoms with van der Waals surface area (Å²) >= 11 is 0. The van der Waals surface area contributed by atoms with Crippen LogP contribution in [0.3, 0.4) is 0 Å². The van der Waals surface area contributed by atoms with Gasteiger partial charge in [0.1, 0.15) is 17.3 Å². The van der Waals surface area contributed by atoms with Crippen molar-refractivity contribution in [2.75, 3.05) is 7.11 Å². The molecule has 3 rings (SSSR count). The summed E-state index contributed by atoms with van der Waals surface area (Å²) in [6.45, 7) is 3.90. The Bertz CT molecular complexity index is 1240. The van der Waals surface area contributed by atoms with Crippen LogP contribution >= 0.6 is 0 Å². The van der Waals surface area contributed by atoms with Gasteiger partial charge in [-0.2, -0.15) is 0 Å². The predicted octanol–water partition coefficient (Wildman–Crippen LogP) is -4.33. The molecule has 2 aromatic heterocycles. The van der Waals surface area contributed by atoms with E-state index in [4.69, 9.17) is 0 Å². The quantitative estimate of drug-likeness (QED) is 0.201. The summed E-state index contributed by atoms with van der Waals surface area (Å²) in [5.74, 6) is -3.52. The molecule has 0 bridgehead atoms. The minimum Gasteiger partial charge on any atom is -0.731 e. The third-order valence-corrected chi connectivity index (χ3v) is 5.56. The molecule has 31 heavy (non-hydrogen) atoms. The number of hydrogen-bond donors (Lipinski definition) is 1. The van der Waals surface area contributed by atoms with Gasteiger partial charge in [-0.1, -0.05) is 0 Å². The number of aromatic nitrogens is 2. The summed E-state index contributed by atoms with van der Waals surface area (Å²) < 4.78 is 39.5. The molecule has 1 fully saturated rings. The normalized spacial score (nSPS) is 18.2. The van der Waals surface area contributed by atoms with Crippen LogP contribution in [-0.4, -0.2) is 63.8 Å². The molecule has 0 radical (unpaired) electrons. The number of aryl methyl sites for hydroxylation is 2. The number of esters is 1. The Labute approximate surface area is 198 Å². The van der Waals surface area contributed by atoms with Crippen molar-refractivity contribution in [3.05, 3.63) is 39.8 Å².